The van der Waals surface area contributed by atoms with E-state index < -0.39 is 0 Å². The van der Waals surface area contributed by atoms with Gasteiger partial charge < -0.3 is 4.42 Å². The molecule has 0 bridgehead atoms. The maximum absolute atomic E-state index is 6.07. The van der Waals surface area contributed by atoms with Crippen molar-refractivity contribution < 1.29 is 4.42 Å². The molecule has 0 spiro atoms. The quantitative estimate of drug-likeness (QED) is 0.538. The van der Waals surface area contributed by atoms with E-state index in [2.05, 4.69) is 9.97 Å². The number of pyridine rings is 1. The molecule has 0 aliphatic heterocycles. The summed E-state index contributed by atoms with van der Waals surface area (Å²) in [6.45, 7) is 1.91. The highest BCUT2D eigenvalue weighted by atomic mass is 35.5. The van der Waals surface area contributed by atoms with Gasteiger partial charge in [-0.25, -0.2) is 9.97 Å². The molecule has 0 atom stereocenters. The number of halogens is 1. The van der Waals surface area contributed by atoms with E-state index in [1.165, 1.54) is 11.3 Å². The summed E-state index contributed by atoms with van der Waals surface area (Å²) in [5.74, 6) is 2.30. The fourth-order valence-corrected chi connectivity index (χ4v) is 3.30. The lowest BCUT2D eigenvalue weighted by molar-refractivity contribution is 0.543. The van der Waals surface area contributed by atoms with Crippen molar-refractivity contribution in [3.05, 3.63) is 52.7 Å². The van der Waals surface area contributed by atoms with Crippen LogP contribution in [0.2, 0.25) is 4.34 Å². The Balaban J connectivity index is 2.06. The smallest absolute Gasteiger partial charge is 0.183 e. The predicted molar refractivity (Wildman–Crippen MR) is 84.2 cm³/mol. The molecule has 21 heavy (non-hydrogen) atoms. The van der Waals surface area contributed by atoms with E-state index in [1.54, 1.807) is 6.20 Å². The molecule has 4 aromatic heterocycles. The molecule has 0 fully saturated rings. The second-order valence-corrected chi connectivity index (χ2v) is 6.30. The van der Waals surface area contributed by atoms with E-state index in [9.17, 15) is 0 Å². The van der Waals surface area contributed by atoms with Gasteiger partial charge >= 0.3 is 0 Å². The van der Waals surface area contributed by atoms with Gasteiger partial charge in [-0.2, -0.15) is 0 Å². The molecular formula is C15H10ClN3OS. The molecule has 4 heterocycles. The monoisotopic (exact) mass is 315 g/mol. The topological polar surface area (TPSA) is 43.9 Å². The second kappa shape index (κ2) is 4.72. The van der Waals surface area contributed by atoms with Crippen LogP contribution in [0.15, 0.2) is 47.0 Å². The summed E-state index contributed by atoms with van der Waals surface area (Å²) in [6.07, 6.45) is 1.76. The summed E-state index contributed by atoms with van der Waals surface area (Å²) in [5, 5.41) is 0.963. The third kappa shape index (κ3) is 2.05. The minimum Gasteiger partial charge on any atom is -0.458 e. The maximum atomic E-state index is 6.07. The third-order valence-electron chi connectivity index (χ3n) is 3.16. The van der Waals surface area contributed by atoms with Crippen LogP contribution in [0.4, 0.5) is 0 Å². The van der Waals surface area contributed by atoms with Crippen LogP contribution in [0.25, 0.3) is 27.7 Å². The van der Waals surface area contributed by atoms with Gasteiger partial charge in [0, 0.05) is 6.20 Å². The van der Waals surface area contributed by atoms with Crippen LogP contribution >= 0.6 is 22.9 Å². The number of rotatable bonds is 2. The molecular weight excluding hydrogens is 306 g/mol. The Morgan fingerprint density at radius 2 is 2.10 bits per heavy atom. The number of aromatic nitrogens is 3. The molecule has 0 saturated carbocycles. The Kier molecular flexibility index (Phi) is 2.83. The second-order valence-electron chi connectivity index (χ2n) is 4.60. The van der Waals surface area contributed by atoms with Gasteiger partial charge in [-0.3, -0.25) is 4.57 Å². The molecule has 0 unspecified atom stereocenters. The van der Waals surface area contributed by atoms with E-state index in [0.717, 1.165) is 37.8 Å². The SMILES string of the molecule is Cc1ccc(-c2nc3cccnc3n2-c2ccc(Cl)s2)o1. The van der Waals surface area contributed by atoms with Crippen molar-refractivity contribution in [1.29, 1.82) is 0 Å². The highest BCUT2D eigenvalue weighted by molar-refractivity contribution is 7.18. The van der Waals surface area contributed by atoms with E-state index in [1.807, 2.05) is 47.9 Å². The molecule has 0 aliphatic rings. The number of thiophene rings is 1. The van der Waals surface area contributed by atoms with Gasteiger partial charge in [-0.1, -0.05) is 11.6 Å². The molecule has 0 saturated heterocycles. The van der Waals surface area contributed by atoms with Crippen molar-refractivity contribution >= 4 is 34.1 Å². The molecule has 0 aromatic carbocycles. The number of hydrogen-bond donors (Lipinski definition) is 0. The number of fused-ring (bicyclic) bond motifs is 1. The van der Waals surface area contributed by atoms with Crippen molar-refractivity contribution in [2.75, 3.05) is 0 Å². The fraction of sp³-hybridized carbons (Fsp3) is 0.0667. The summed E-state index contributed by atoms with van der Waals surface area (Å²) in [5.41, 5.74) is 1.62. The van der Waals surface area contributed by atoms with E-state index >= 15 is 0 Å². The number of aryl methyl sites for hydroxylation is 1. The minimum absolute atomic E-state index is 0.718. The normalized spacial score (nSPS) is 11.3. The average Bonchev–Trinajstić information content (AvgIpc) is 3.16. The molecule has 0 aliphatic carbocycles. The molecule has 4 aromatic rings. The molecule has 4 rings (SSSR count). The van der Waals surface area contributed by atoms with Gasteiger partial charge in [0.25, 0.3) is 0 Å². The van der Waals surface area contributed by atoms with Crippen molar-refractivity contribution in [3.63, 3.8) is 0 Å². The Morgan fingerprint density at radius 1 is 1.19 bits per heavy atom. The lowest BCUT2D eigenvalue weighted by Crippen LogP contribution is -1.95. The largest absolute Gasteiger partial charge is 0.458 e. The first-order valence-corrected chi connectivity index (χ1v) is 7.58. The van der Waals surface area contributed by atoms with E-state index in [4.69, 9.17) is 16.0 Å². The first-order valence-electron chi connectivity index (χ1n) is 6.38. The van der Waals surface area contributed by atoms with Gasteiger partial charge in [0.1, 0.15) is 16.3 Å². The molecule has 104 valence electrons. The Labute approximate surface area is 129 Å². The maximum Gasteiger partial charge on any atom is 0.183 e. The van der Waals surface area contributed by atoms with Crippen LogP contribution in [0.5, 0.6) is 0 Å². The average molecular weight is 316 g/mol. The van der Waals surface area contributed by atoms with Crippen LogP contribution in [0, 0.1) is 6.92 Å². The zero-order chi connectivity index (χ0) is 14.4. The van der Waals surface area contributed by atoms with Crippen LogP contribution in [0.1, 0.15) is 5.76 Å². The predicted octanol–water partition coefficient (Wildman–Crippen LogP) is 4.70. The van der Waals surface area contributed by atoms with Gasteiger partial charge in [0.05, 0.1) is 4.34 Å². The molecule has 0 radical (unpaired) electrons. The van der Waals surface area contributed by atoms with Gasteiger partial charge in [0.2, 0.25) is 0 Å². The minimum atomic E-state index is 0.718. The summed E-state index contributed by atoms with van der Waals surface area (Å²) in [4.78, 5) is 9.09. The van der Waals surface area contributed by atoms with Crippen molar-refractivity contribution in [2.45, 2.75) is 6.92 Å². The summed E-state index contributed by atoms with van der Waals surface area (Å²) >= 11 is 7.55. The van der Waals surface area contributed by atoms with Crippen molar-refractivity contribution in [2.24, 2.45) is 0 Å². The molecule has 0 amide bonds. The van der Waals surface area contributed by atoms with Crippen LogP contribution in [-0.4, -0.2) is 14.5 Å². The number of nitrogens with zero attached hydrogens (tertiary/aromatic N) is 3. The number of imidazole rings is 1. The Hall–Kier alpha value is -2.11. The lowest BCUT2D eigenvalue weighted by Gasteiger charge is -2.03. The molecule has 6 heteroatoms. The highest BCUT2D eigenvalue weighted by Gasteiger charge is 2.18. The summed E-state index contributed by atoms with van der Waals surface area (Å²) in [7, 11) is 0. The third-order valence-corrected chi connectivity index (χ3v) is 4.37. The highest BCUT2D eigenvalue weighted by Crippen LogP contribution is 2.33. The van der Waals surface area contributed by atoms with Gasteiger partial charge in [0.15, 0.2) is 17.2 Å². The van der Waals surface area contributed by atoms with Gasteiger partial charge in [-0.05, 0) is 43.3 Å². The molecule has 4 nitrogen and oxygen atoms in total. The number of hydrogen-bond acceptors (Lipinski definition) is 4. The standard InChI is InChI=1S/C15H10ClN3OS/c1-9-4-5-11(20-9)15-18-10-3-2-8-17-14(10)19(15)13-7-6-12(16)21-13/h2-8H,1H3. The zero-order valence-electron chi connectivity index (χ0n) is 11.1. The first-order chi connectivity index (χ1) is 10.2. The van der Waals surface area contributed by atoms with Crippen LogP contribution in [-0.2, 0) is 0 Å². The Bertz CT molecular complexity index is 937. The van der Waals surface area contributed by atoms with Crippen molar-refractivity contribution in [1.82, 2.24) is 14.5 Å². The fourth-order valence-electron chi connectivity index (χ4n) is 2.27. The van der Waals surface area contributed by atoms with E-state index in [0.29, 0.717) is 0 Å². The summed E-state index contributed by atoms with van der Waals surface area (Å²) < 4.78 is 8.43. The van der Waals surface area contributed by atoms with Crippen LogP contribution < -0.4 is 0 Å². The first kappa shape index (κ1) is 12.6. The molecule has 0 N–H and O–H groups in total. The number of furan rings is 1. The lowest BCUT2D eigenvalue weighted by atomic mass is 10.4. The zero-order valence-corrected chi connectivity index (χ0v) is 12.6. The van der Waals surface area contributed by atoms with E-state index in [-0.39, 0.29) is 0 Å². The van der Waals surface area contributed by atoms with Gasteiger partial charge in [-0.15, -0.1) is 11.3 Å². The van der Waals surface area contributed by atoms with Crippen LogP contribution in [0.3, 0.4) is 0 Å². The summed E-state index contributed by atoms with van der Waals surface area (Å²) in [6, 6.07) is 11.5. The van der Waals surface area contributed by atoms with Crippen molar-refractivity contribution in [3.8, 4) is 16.6 Å². The Morgan fingerprint density at radius 3 is 2.81 bits per heavy atom.